The van der Waals surface area contributed by atoms with E-state index in [0.717, 1.165) is 23.4 Å². The molecular weight excluding hydrogens is 271 g/mol. The van der Waals surface area contributed by atoms with E-state index in [2.05, 4.69) is 29.7 Å². The number of benzene rings is 2. The van der Waals surface area contributed by atoms with Crippen LogP contribution < -0.4 is 10.6 Å². The van der Waals surface area contributed by atoms with Gasteiger partial charge in [-0.3, -0.25) is 0 Å². The second-order valence-corrected chi connectivity index (χ2v) is 5.00. The Morgan fingerprint density at radius 2 is 1.80 bits per heavy atom. The molecule has 0 bridgehead atoms. The van der Waals surface area contributed by atoms with Crippen molar-refractivity contribution in [2.75, 3.05) is 10.6 Å². The summed E-state index contributed by atoms with van der Waals surface area (Å²) < 4.78 is 13.0. The molecule has 0 aliphatic rings. The number of aryl methyl sites for hydroxylation is 2. The first-order valence-corrected chi connectivity index (χ1v) is 6.92. The summed E-state index contributed by atoms with van der Waals surface area (Å²) in [6, 6.07) is 12.7. The lowest BCUT2D eigenvalue weighted by Gasteiger charge is -2.12. The van der Waals surface area contributed by atoms with Gasteiger partial charge in [0.05, 0.1) is 0 Å². The van der Waals surface area contributed by atoms with Crippen LogP contribution in [0.3, 0.4) is 0 Å². The van der Waals surface area contributed by atoms with Gasteiger partial charge in [-0.15, -0.1) is 0 Å². The molecule has 0 saturated heterocycles. The van der Waals surface area contributed by atoms with Gasteiger partial charge in [0.25, 0.3) is 0 Å². The zero-order valence-electron chi connectivity index (χ0n) is 11.5. The molecule has 2 aromatic rings. The number of hydrogen-bond donors (Lipinski definition) is 2. The van der Waals surface area contributed by atoms with Gasteiger partial charge in [-0.25, -0.2) is 4.39 Å². The lowest BCUT2D eigenvalue weighted by atomic mass is 10.1. The van der Waals surface area contributed by atoms with Gasteiger partial charge in [-0.1, -0.05) is 19.1 Å². The van der Waals surface area contributed by atoms with Gasteiger partial charge in [0.1, 0.15) is 5.82 Å². The zero-order chi connectivity index (χ0) is 14.5. The average molecular weight is 288 g/mol. The zero-order valence-corrected chi connectivity index (χ0v) is 12.4. The van der Waals surface area contributed by atoms with Crippen molar-refractivity contribution in [1.82, 2.24) is 0 Å². The smallest absolute Gasteiger partial charge is 0.175 e. The number of anilines is 2. The molecule has 0 aromatic heterocycles. The molecule has 2 nitrogen and oxygen atoms in total. The Bertz CT molecular complexity index is 608. The molecule has 2 rings (SSSR count). The third kappa shape index (κ3) is 3.78. The summed E-state index contributed by atoms with van der Waals surface area (Å²) in [5, 5.41) is 6.67. The summed E-state index contributed by atoms with van der Waals surface area (Å²) in [6.07, 6.45) is 1.01. The van der Waals surface area contributed by atoms with E-state index in [-0.39, 0.29) is 5.82 Å². The fraction of sp³-hybridized carbons (Fsp3) is 0.188. The lowest BCUT2D eigenvalue weighted by Crippen LogP contribution is -2.19. The summed E-state index contributed by atoms with van der Waals surface area (Å²) in [5.74, 6) is -0.248. The van der Waals surface area contributed by atoms with Crippen LogP contribution >= 0.6 is 12.2 Å². The second kappa shape index (κ2) is 6.48. The highest BCUT2D eigenvalue weighted by Crippen LogP contribution is 2.16. The molecule has 104 valence electrons. The van der Waals surface area contributed by atoms with E-state index in [1.54, 1.807) is 6.07 Å². The Kier molecular flexibility index (Phi) is 4.69. The van der Waals surface area contributed by atoms with Crippen molar-refractivity contribution >= 4 is 28.7 Å². The molecule has 0 aliphatic heterocycles. The maximum atomic E-state index is 13.0. The largest absolute Gasteiger partial charge is 0.332 e. The van der Waals surface area contributed by atoms with Crippen LogP contribution in [0.2, 0.25) is 0 Å². The monoisotopic (exact) mass is 288 g/mol. The summed E-state index contributed by atoms with van der Waals surface area (Å²) in [5.41, 5.74) is 3.83. The molecular formula is C16H17FN2S. The van der Waals surface area contributed by atoms with Crippen LogP contribution in [0.5, 0.6) is 0 Å². The Hall–Kier alpha value is -1.94. The van der Waals surface area contributed by atoms with Crippen molar-refractivity contribution in [2.45, 2.75) is 20.3 Å². The number of nitrogens with one attached hydrogen (secondary N) is 2. The molecule has 2 N–H and O–H groups in total. The van der Waals surface area contributed by atoms with E-state index < -0.39 is 0 Å². The molecule has 0 fully saturated rings. The van der Waals surface area contributed by atoms with Crippen molar-refractivity contribution in [3.63, 3.8) is 0 Å². The van der Waals surface area contributed by atoms with E-state index in [0.29, 0.717) is 5.11 Å². The van der Waals surface area contributed by atoms with Crippen molar-refractivity contribution < 1.29 is 4.39 Å². The molecule has 4 heteroatoms. The number of thiocarbonyl (C=S) groups is 1. The molecule has 0 aliphatic carbocycles. The highest BCUT2D eigenvalue weighted by molar-refractivity contribution is 7.80. The highest BCUT2D eigenvalue weighted by atomic mass is 32.1. The van der Waals surface area contributed by atoms with Gasteiger partial charge in [-0.2, -0.15) is 0 Å². The molecule has 0 saturated carbocycles. The van der Waals surface area contributed by atoms with Gasteiger partial charge in [0.2, 0.25) is 0 Å². The van der Waals surface area contributed by atoms with E-state index in [1.165, 1.54) is 17.7 Å². The Balaban J connectivity index is 2.01. The van der Waals surface area contributed by atoms with Gasteiger partial charge in [-0.05, 0) is 67.0 Å². The standard InChI is InChI=1S/C16H17FN2S/c1-3-12-4-7-14(8-5-12)18-16(20)19-15-9-6-13(17)10-11(15)2/h4-10H,3H2,1-2H3,(H2,18,19,20). The van der Waals surface area contributed by atoms with Crippen LogP contribution in [0, 0.1) is 12.7 Å². The minimum Gasteiger partial charge on any atom is -0.332 e. The van der Waals surface area contributed by atoms with E-state index in [9.17, 15) is 4.39 Å². The highest BCUT2D eigenvalue weighted by Gasteiger charge is 2.03. The fourth-order valence-electron chi connectivity index (χ4n) is 1.88. The van der Waals surface area contributed by atoms with Crippen molar-refractivity contribution in [3.05, 3.63) is 59.4 Å². The first-order chi connectivity index (χ1) is 9.58. The topological polar surface area (TPSA) is 24.1 Å². The first-order valence-electron chi connectivity index (χ1n) is 6.51. The second-order valence-electron chi connectivity index (χ2n) is 4.59. The maximum absolute atomic E-state index is 13.0. The quantitative estimate of drug-likeness (QED) is 0.813. The maximum Gasteiger partial charge on any atom is 0.175 e. The summed E-state index contributed by atoms with van der Waals surface area (Å²) in [4.78, 5) is 0. The third-order valence-electron chi connectivity index (χ3n) is 3.06. The summed E-state index contributed by atoms with van der Waals surface area (Å²) >= 11 is 5.26. The minimum atomic E-state index is -0.248. The van der Waals surface area contributed by atoms with Gasteiger partial charge in [0.15, 0.2) is 5.11 Å². The Morgan fingerprint density at radius 1 is 1.10 bits per heavy atom. The third-order valence-corrected chi connectivity index (χ3v) is 3.26. The van der Waals surface area contributed by atoms with Gasteiger partial charge < -0.3 is 10.6 Å². The van der Waals surface area contributed by atoms with Crippen LogP contribution in [0.4, 0.5) is 15.8 Å². The average Bonchev–Trinajstić information content (AvgIpc) is 2.43. The molecule has 0 amide bonds. The van der Waals surface area contributed by atoms with Crippen LogP contribution in [0.15, 0.2) is 42.5 Å². The van der Waals surface area contributed by atoms with Crippen molar-refractivity contribution in [2.24, 2.45) is 0 Å². The van der Waals surface area contributed by atoms with Crippen molar-refractivity contribution in [1.29, 1.82) is 0 Å². The van der Waals surface area contributed by atoms with Gasteiger partial charge in [0, 0.05) is 11.4 Å². The number of hydrogen-bond acceptors (Lipinski definition) is 1. The van der Waals surface area contributed by atoms with Crippen LogP contribution in [-0.4, -0.2) is 5.11 Å². The predicted octanol–water partition coefficient (Wildman–Crippen LogP) is 4.51. The Morgan fingerprint density at radius 3 is 2.40 bits per heavy atom. The summed E-state index contributed by atoms with van der Waals surface area (Å²) in [6.45, 7) is 3.95. The van der Waals surface area contributed by atoms with E-state index >= 15 is 0 Å². The number of halogens is 1. The molecule has 0 spiro atoms. The van der Waals surface area contributed by atoms with Crippen LogP contribution in [-0.2, 0) is 6.42 Å². The SMILES string of the molecule is CCc1ccc(NC(=S)Nc2ccc(F)cc2C)cc1. The minimum absolute atomic E-state index is 0.248. The molecule has 0 atom stereocenters. The van der Waals surface area contributed by atoms with Crippen LogP contribution in [0.25, 0.3) is 0 Å². The first kappa shape index (κ1) is 14.5. The van der Waals surface area contributed by atoms with Gasteiger partial charge >= 0.3 is 0 Å². The predicted molar refractivity (Wildman–Crippen MR) is 86.8 cm³/mol. The molecule has 0 radical (unpaired) electrons. The van der Waals surface area contributed by atoms with E-state index in [1.807, 2.05) is 19.1 Å². The Labute approximate surface area is 124 Å². The van der Waals surface area contributed by atoms with Crippen LogP contribution in [0.1, 0.15) is 18.1 Å². The normalized spacial score (nSPS) is 10.2. The van der Waals surface area contributed by atoms with Crippen molar-refractivity contribution in [3.8, 4) is 0 Å². The lowest BCUT2D eigenvalue weighted by molar-refractivity contribution is 0.627. The fourth-order valence-corrected chi connectivity index (χ4v) is 2.10. The molecule has 20 heavy (non-hydrogen) atoms. The number of rotatable bonds is 3. The van der Waals surface area contributed by atoms with E-state index in [4.69, 9.17) is 12.2 Å². The molecule has 0 heterocycles. The molecule has 0 unspecified atom stereocenters. The molecule has 2 aromatic carbocycles. The summed E-state index contributed by atoms with van der Waals surface area (Å²) in [7, 11) is 0.